The highest BCUT2D eigenvalue weighted by Gasteiger charge is 2.28. The summed E-state index contributed by atoms with van der Waals surface area (Å²) in [6, 6.07) is 0.869. The Morgan fingerprint density at radius 1 is 1.47 bits per heavy atom. The Morgan fingerprint density at radius 2 is 2.13 bits per heavy atom. The van der Waals surface area contributed by atoms with Crippen molar-refractivity contribution in [3.8, 4) is 0 Å². The molecule has 0 spiro atoms. The summed E-state index contributed by atoms with van der Waals surface area (Å²) in [6.45, 7) is 3.35. The zero-order valence-corrected chi connectivity index (χ0v) is 10.1. The fraction of sp³-hybridized carbons (Fsp3) is 0.909. The summed E-state index contributed by atoms with van der Waals surface area (Å²) < 4.78 is 0. The number of likely N-dealkylation sites (tertiary alicyclic amines) is 1. The highest BCUT2D eigenvalue weighted by Crippen LogP contribution is 2.21. The molecular weight excluding hydrogens is 190 g/mol. The number of rotatable bonds is 3. The van der Waals surface area contributed by atoms with E-state index in [-0.39, 0.29) is 5.91 Å². The molecule has 2 unspecified atom stereocenters. The third kappa shape index (κ3) is 3.18. The van der Waals surface area contributed by atoms with Gasteiger partial charge in [0, 0.05) is 32.7 Å². The zero-order valence-electron chi connectivity index (χ0n) is 10.1. The molecule has 1 heterocycles. The SMILES string of the molecule is CC1CCCC(CN)N1CC(=O)N(C)C. The van der Waals surface area contributed by atoms with Gasteiger partial charge in [-0.3, -0.25) is 9.69 Å². The van der Waals surface area contributed by atoms with Crippen molar-refractivity contribution in [2.24, 2.45) is 5.73 Å². The lowest BCUT2D eigenvalue weighted by Crippen LogP contribution is -2.52. The van der Waals surface area contributed by atoms with Crippen LogP contribution >= 0.6 is 0 Å². The highest BCUT2D eigenvalue weighted by atomic mass is 16.2. The first-order valence-electron chi connectivity index (χ1n) is 5.72. The molecule has 0 saturated carbocycles. The van der Waals surface area contributed by atoms with E-state index in [2.05, 4.69) is 11.8 Å². The van der Waals surface area contributed by atoms with Crippen LogP contribution in [0.2, 0.25) is 0 Å². The Morgan fingerprint density at radius 3 is 2.67 bits per heavy atom. The summed E-state index contributed by atoms with van der Waals surface area (Å²) in [5.41, 5.74) is 5.74. The normalized spacial score (nSPS) is 27.7. The third-order valence-corrected chi connectivity index (χ3v) is 3.28. The molecule has 1 saturated heterocycles. The van der Waals surface area contributed by atoms with Crippen LogP contribution in [0.1, 0.15) is 26.2 Å². The van der Waals surface area contributed by atoms with Crippen molar-refractivity contribution in [2.75, 3.05) is 27.2 Å². The minimum atomic E-state index is 0.169. The molecule has 1 rings (SSSR count). The zero-order chi connectivity index (χ0) is 11.4. The molecule has 0 aromatic rings. The maximum absolute atomic E-state index is 11.7. The lowest BCUT2D eigenvalue weighted by Gasteiger charge is -2.40. The van der Waals surface area contributed by atoms with Crippen molar-refractivity contribution in [1.82, 2.24) is 9.80 Å². The summed E-state index contributed by atoms with van der Waals surface area (Å²) >= 11 is 0. The van der Waals surface area contributed by atoms with E-state index in [1.807, 2.05) is 0 Å². The molecule has 2 atom stereocenters. The Balaban J connectivity index is 2.58. The van der Waals surface area contributed by atoms with Gasteiger partial charge in [0.15, 0.2) is 0 Å². The number of carbonyl (C=O) groups excluding carboxylic acids is 1. The summed E-state index contributed by atoms with van der Waals surface area (Å²) in [5, 5.41) is 0. The fourth-order valence-electron chi connectivity index (χ4n) is 2.18. The van der Waals surface area contributed by atoms with Gasteiger partial charge in [0.25, 0.3) is 0 Å². The van der Waals surface area contributed by atoms with E-state index < -0.39 is 0 Å². The number of amides is 1. The van der Waals surface area contributed by atoms with Gasteiger partial charge in [-0.2, -0.15) is 0 Å². The van der Waals surface area contributed by atoms with E-state index in [9.17, 15) is 4.79 Å². The Kier molecular flexibility index (Phi) is 4.54. The number of nitrogens with two attached hydrogens (primary N) is 1. The summed E-state index contributed by atoms with van der Waals surface area (Å²) in [5.74, 6) is 0.169. The van der Waals surface area contributed by atoms with Crippen LogP contribution in [0.5, 0.6) is 0 Å². The van der Waals surface area contributed by atoms with E-state index in [0.717, 1.165) is 6.42 Å². The van der Waals surface area contributed by atoms with Gasteiger partial charge in [-0.25, -0.2) is 0 Å². The van der Waals surface area contributed by atoms with Crippen molar-refractivity contribution in [2.45, 2.75) is 38.3 Å². The summed E-state index contributed by atoms with van der Waals surface area (Å²) in [4.78, 5) is 15.6. The number of likely N-dealkylation sites (N-methyl/N-ethyl adjacent to an activating group) is 1. The van der Waals surface area contributed by atoms with Gasteiger partial charge in [0.05, 0.1) is 6.54 Å². The molecule has 1 aliphatic rings. The third-order valence-electron chi connectivity index (χ3n) is 3.28. The van der Waals surface area contributed by atoms with Crippen LogP contribution in [-0.2, 0) is 4.79 Å². The van der Waals surface area contributed by atoms with Crippen LogP contribution < -0.4 is 5.73 Å². The Hall–Kier alpha value is -0.610. The minimum Gasteiger partial charge on any atom is -0.348 e. The van der Waals surface area contributed by atoms with Gasteiger partial charge in [-0.05, 0) is 19.8 Å². The molecule has 1 aliphatic heterocycles. The topological polar surface area (TPSA) is 49.6 Å². The van der Waals surface area contributed by atoms with E-state index in [1.165, 1.54) is 12.8 Å². The molecule has 0 aliphatic carbocycles. The van der Waals surface area contributed by atoms with Gasteiger partial charge >= 0.3 is 0 Å². The van der Waals surface area contributed by atoms with Crippen LogP contribution in [-0.4, -0.2) is 55.0 Å². The first-order chi connectivity index (χ1) is 7.06. The average Bonchev–Trinajstić information content (AvgIpc) is 2.20. The first kappa shape index (κ1) is 12.5. The van der Waals surface area contributed by atoms with Crippen molar-refractivity contribution >= 4 is 5.91 Å². The standard InChI is InChI=1S/C11H23N3O/c1-9-5-4-6-10(7-12)14(9)8-11(15)13(2)3/h9-10H,4-8,12H2,1-3H3. The largest absolute Gasteiger partial charge is 0.348 e. The Bertz CT molecular complexity index is 218. The molecule has 0 bridgehead atoms. The molecule has 0 radical (unpaired) electrons. The molecule has 88 valence electrons. The molecule has 2 N–H and O–H groups in total. The van der Waals surface area contributed by atoms with E-state index in [0.29, 0.717) is 25.2 Å². The molecule has 0 aromatic heterocycles. The van der Waals surface area contributed by atoms with Gasteiger partial charge < -0.3 is 10.6 Å². The molecule has 0 aromatic carbocycles. The lowest BCUT2D eigenvalue weighted by molar-refractivity contribution is -0.131. The van der Waals surface area contributed by atoms with Crippen molar-refractivity contribution in [3.05, 3.63) is 0 Å². The average molecular weight is 213 g/mol. The van der Waals surface area contributed by atoms with Crippen LogP contribution in [0.4, 0.5) is 0 Å². The van der Waals surface area contributed by atoms with E-state index >= 15 is 0 Å². The molecule has 1 amide bonds. The smallest absolute Gasteiger partial charge is 0.236 e. The van der Waals surface area contributed by atoms with Gasteiger partial charge in [0.1, 0.15) is 0 Å². The van der Waals surface area contributed by atoms with Crippen molar-refractivity contribution in [3.63, 3.8) is 0 Å². The number of piperidine rings is 1. The maximum Gasteiger partial charge on any atom is 0.236 e. The van der Waals surface area contributed by atoms with Crippen LogP contribution in [0, 0.1) is 0 Å². The fourth-order valence-corrected chi connectivity index (χ4v) is 2.18. The van der Waals surface area contributed by atoms with Gasteiger partial charge in [-0.1, -0.05) is 6.42 Å². The monoisotopic (exact) mass is 213 g/mol. The van der Waals surface area contributed by atoms with Gasteiger partial charge in [-0.15, -0.1) is 0 Å². The van der Waals surface area contributed by atoms with Crippen LogP contribution in [0.25, 0.3) is 0 Å². The number of hydrogen-bond donors (Lipinski definition) is 1. The molecular formula is C11H23N3O. The van der Waals surface area contributed by atoms with Crippen LogP contribution in [0.15, 0.2) is 0 Å². The van der Waals surface area contributed by atoms with Crippen molar-refractivity contribution in [1.29, 1.82) is 0 Å². The molecule has 4 heteroatoms. The summed E-state index contributed by atoms with van der Waals surface area (Å²) in [6.07, 6.45) is 3.54. The number of nitrogens with zero attached hydrogens (tertiary/aromatic N) is 2. The Labute approximate surface area is 92.4 Å². The lowest BCUT2D eigenvalue weighted by atomic mass is 9.96. The predicted molar refractivity (Wildman–Crippen MR) is 61.6 cm³/mol. The summed E-state index contributed by atoms with van der Waals surface area (Å²) in [7, 11) is 3.60. The molecule has 15 heavy (non-hydrogen) atoms. The highest BCUT2D eigenvalue weighted by molar-refractivity contribution is 5.77. The minimum absolute atomic E-state index is 0.169. The quantitative estimate of drug-likeness (QED) is 0.732. The predicted octanol–water partition coefficient (Wildman–Crippen LogP) is 0.276. The second-order valence-corrected chi connectivity index (χ2v) is 4.63. The number of carbonyl (C=O) groups is 1. The number of hydrogen-bond acceptors (Lipinski definition) is 3. The molecule has 1 fully saturated rings. The van der Waals surface area contributed by atoms with E-state index in [1.54, 1.807) is 19.0 Å². The van der Waals surface area contributed by atoms with Crippen molar-refractivity contribution < 1.29 is 4.79 Å². The molecule has 4 nitrogen and oxygen atoms in total. The second-order valence-electron chi connectivity index (χ2n) is 4.63. The van der Waals surface area contributed by atoms with Gasteiger partial charge in [0.2, 0.25) is 5.91 Å². The second kappa shape index (κ2) is 5.47. The maximum atomic E-state index is 11.7. The van der Waals surface area contributed by atoms with E-state index in [4.69, 9.17) is 5.73 Å². The van der Waals surface area contributed by atoms with Crippen LogP contribution in [0.3, 0.4) is 0 Å². The first-order valence-corrected chi connectivity index (χ1v) is 5.72.